The number of benzene rings is 2. The Labute approximate surface area is 162 Å². The molecule has 0 aliphatic carbocycles. The Hall–Kier alpha value is -1.57. The van der Waals surface area contributed by atoms with Crippen molar-refractivity contribution in [1.82, 2.24) is 4.72 Å². The largest absolute Gasteiger partial charge is 0.417 e. The summed E-state index contributed by atoms with van der Waals surface area (Å²) in [6.45, 7) is 8.82. The highest BCUT2D eigenvalue weighted by Crippen LogP contribution is 2.35. The van der Waals surface area contributed by atoms with E-state index < -0.39 is 26.8 Å². The number of rotatable bonds is 4. The summed E-state index contributed by atoms with van der Waals surface area (Å²) < 4.78 is 67.0. The molecule has 0 aliphatic rings. The van der Waals surface area contributed by atoms with Crippen LogP contribution in [0.5, 0.6) is 0 Å². The van der Waals surface area contributed by atoms with Gasteiger partial charge >= 0.3 is 6.18 Å². The first kappa shape index (κ1) is 21.7. The third-order valence-corrected chi connectivity index (χ3v) is 7.01. The third kappa shape index (κ3) is 4.31. The Morgan fingerprint density at radius 1 is 0.926 bits per heavy atom. The summed E-state index contributed by atoms with van der Waals surface area (Å²) in [7, 11) is -3.90. The fourth-order valence-electron chi connectivity index (χ4n) is 3.02. The molecular weight excluding hydrogens is 399 g/mol. The van der Waals surface area contributed by atoms with E-state index in [1.165, 1.54) is 6.07 Å². The van der Waals surface area contributed by atoms with Crippen LogP contribution < -0.4 is 4.72 Å². The molecule has 8 heteroatoms. The first-order valence-electron chi connectivity index (χ1n) is 8.19. The Bertz CT molecular complexity index is 970. The van der Waals surface area contributed by atoms with Crippen molar-refractivity contribution in [2.75, 3.05) is 0 Å². The summed E-state index contributed by atoms with van der Waals surface area (Å²) >= 11 is 5.60. The summed E-state index contributed by atoms with van der Waals surface area (Å²) in [5, 5.41) is -0.425. The summed E-state index contributed by atoms with van der Waals surface area (Å²) in [5.41, 5.74) is 3.23. The van der Waals surface area contributed by atoms with E-state index in [2.05, 4.69) is 4.72 Å². The van der Waals surface area contributed by atoms with Gasteiger partial charge in [0.15, 0.2) is 0 Å². The van der Waals surface area contributed by atoms with Crippen LogP contribution in [-0.4, -0.2) is 8.42 Å². The Morgan fingerprint density at radius 2 is 1.41 bits per heavy atom. The van der Waals surface area contributed by atoms with Gasteiger partial charge in [-0.1, -0.05) is 17.7 Å². The molecule has 0 saturated carbocycles. The summed E-state index contributed by atoms with van der Waals surface area (Å²) in [5.74, 6) is 0. The van der Waals surface area contributed by atoms with E-state index in [1.807, 2.05) is 20.8 Å². The van der Waals surface area contributed by atoms with Crippen LogP contribution in [0.15, 0.2) is 23.1 Å². The molecule has 0 unspecified atom stereocenters. The van der Waals surface area contributed by atoms with Crippen LogP contribution in [-0.2, 0) is 22.7 Å². The third-order valence-electron chi connectivity index (χ3n) is 5.00. The van der Waals surface area contributed by atoms with Gasteiger partial charge in [0.25, 0.3) is 0 Å². The minimum atomic E-state index is -4.61. The summed E-state index contributed by atoms with van der Waals surface area (Å²) in [6, 6.07) is 3.34. The van der Waals surface area contributed by atoms with Gasteiger partial charge in [0.2, 0.25) is 10.0 Å². The minimum absolute atomic E-state index is 0.172. The van der Waals surface area contributed by atoms with Gasteiger partial charge in [0, 0.05) is 6.54 Å². The van der Waals surface area contributed by atoms with E-state index >= 15 is 0 Å². The first-order valence-corrected chi connectivity index (χ1v) is 10.1. The highest BCUT2D eigenvalue weighted by atomic mass is 35.5. The average Bonchev–Trinajstić information content (AvgIpc) is 2.56. The smallest absolute Gasteiger partial charge is 0.207 e. The normalized spacial score (nSPS) is 12.5. The molecule has 0 aromatic heterocycles. The molecule has 0 heterocycles. The molecule has 0 amide bonds. The van der Waals surface area contributed by atoms with Gasteiger partial charge < -0.3 is 0 Å². The number of alkyl halides is 3. The maximum absolute atomic E-state index is 13.0. The second-order valence-corrected chi connectivity index (χ2v) is 8.70. The molecule has 2 aromatic rings. The van der Waals surface area contributed by atoms with Gasteiger partial charge in [-0.25, -0.2) is 13.1 Å². The quantitative estimate of drug-likeness (QED) is 0.723. The second kappa shape index (κ2) is 7.45. The zero-order valence-corrected chi connectivity index (χ0v) is 17.2. The van der Waals surface area contributed by atoms with Gasteiger partial charge in [0.05, 0.1) is 15.5 Å². The molecule has 0 saturated heterocycles. The predicted molar refractivity (Wildman–Crippen MR) is 101 cm³/mol. The number of nitrogens with one attached hydrogen (secondary N) is 1. The molecule has 0 spiro atoms. The molecule has 2 aromatic carbocycles. The molecular formula is C19H21ClF3NO2S. The molecule has 148 valence electrons. The van der Waals surface area contributed by atoms with E-state index in [9.17, 15) is 21.6 Å². The lowest BCUT2D eigenvalue weighted by Gasteiger charge is -2.19. The molecule has 0 aliphatic heterocycles. The standard InChI is InChI=1S/C19H21ClF3NO2S/c1-10-11(2)13(4)18(14(5)12(10)3)27(25,26)24-9-15-6-7-17(20)16(8-15)19(21,22)23/h6-8,24H,9H2,1-5H3. The van der Waals surface area contributed by atoms with Crippen molar-refractivity contribution >= 4 is 21.6 Å². The SMILES string of the molecule is Cc1c(C)c(C)c(S(=O)(=O)NCc2ccc(Cl)c(C(F)(F)F)c2)c(C)c1C. The Morgan fingerprint density at radius 3 is 1.89 bits per heavy atom. The maximum Gasteiger partial charge on any atom is 0.417 e. The molecule has 2 rings (SSSR count). The van der Waals surface area contributed by atoms with Crippen LogP contribution in [0.25, 0.3) is 0 Å². The van der Waals surface area contributed by atoms with E-state index in [0.717, 1.165) is 28.8 Å². The van der Waals surface area contributed by atoms with Crippen molar-refractivity contribution in [2.24, 2.45) is 0 Å². The lowest BCUT2D eigenvalue weighted by Crippen LogP contribution is -2.26. The molecule has 3 nitrogen and oxygen atoms in total. The van der Waals surface area contributed by atoms with Gasteiger partial charge in [-0.15, -0.1) is 0 Å². The lowest BCUT2D eigenvalue weighted by atomic mass is 9.95. The first-order chi connectivity index (χ1) is 12.3. The van der Waals surface area contributed by atoms with Crippen LogP contribution in [0.3, 0.4) is 0 Å². The van der Waals surface area contributed by atoms with Crippen LogP contribution in [0.1, 0.15) is 38.9 Å². The molecule has 0 atom stereocenters. The van der Waals surface area contributed by atoms with Crippen molar-refractivity contribution in [3.63, 3.8) is 0 Å². The maximum atomic E-state index is 13.0. The van der Waals surface area contributed by atoms with E-state index in [1.54, 1.807) is 13.8 Å². The number of hydrogen-bond acceptors (Lipinski definition) is 2. The van der Waals surface area contributed by atoms with E-state index in [-0.39, 0.29) is 17.0 Å². The molecule has 0 bridgehead atoms. The zero-order chi connectivity index (χ0) is 20.7. The summed E-state index contributed by atoms with van der Waals surface area (Å²) in [6.07, 6.45) is -4.61. The molecule has 0 fully saturated rings. The van der Waals surface area contributed by atoms with E-state index in [0.29, 0.717) is 11.1 Å². The number of halogens is 4. The molecule has 27 heavy (non-hydrogen) atoms. The Kier molecular flexibility index (Phi) is 5.99. The monoisotopic (exact) mass is 419 g/mol. The van der Waals surface area contributed by atoms with Crippen molar-refractivity contribution < 1.29 is 21.6 Å². The fraction of sp³-hybridized carbons (Fsp3) is 0.368. The van der Waals surface area contributed by atoms with Gasteiger partial charge in [-0.05, 0) is 80.1 Å². The highest BCUT2D eigenvalue weighted by molar-refractivity contribution is 7.89. The molecule has 0 radical (unpaired) electrons. The number of hydrogen-bond donors (Lipinski definition) is 1. The van der Waals surface area contributed by atoms with Crippen molar-refractivity contribution in [3.8, 4) is 0 Å². The topological polar surface area (TPSA) is 46.2 Å². The van der Waals surface area contributed by atoms with Crippen LogP contribution >= 0.6 is 11.6 Å². The lowest BCUT2D eigenvalue weighted by molar-refractivity contribution is -0.137. The van der Waals surface area contributed by atoms with Gasteiger partial charge in [0.1, 0.15) is 0 Å². The number of sulfonamides is 1. The Balaban J connectivity index is 2.40. The molecule has 1 N–H and O–H groups in total. The van der Waals surface area contributed by atoms with Crippen molar-refractivity contribution in [2.45, 2.75) is 52.2 Å². The van der Waals surface area contributed by atoms with Gasteiger partial charge in [-0.2, -0.15) is 13.2 Å². The van der Waals surface area contributed by atoms with Crippen LogP contribution in [0.4, 0.5) is 13.2 Å². The zero-order valence-electron chi connectivity index (χ0n) is 15.7. The highest BCUT2D eigenvalue weighted by Gasteiger charge is 2.33. The van der Waals surface area contributed by atoms with E-state index in [4.69, 9.17) is 11.6 Å². The van der Waals surface area contributed by atoms with Gasteiger partial charge in [-0.3, -0.25) is 0 Å². The van der Waals surface area contributed by atoms with Crippen molar-refractivity contribution in [1.29, 1.82) is 0 Å². The fourth-order valence-corrected chi connectivity index (χ4v) is 4.86. The average molecular weight is 420 g/mol. The predicted octanol–water partition coefficient (Wildman–Crippen LogP) is 5.38. The van der Waals surface area contributed by atoms with Crippen molar-refractivity contribution in [3.05, 3.63) is 62.2 Å². The summed E-state index contributed by atoms with van der Waals surface area (Å²) in [4.78, 5) is 0.174. The second-order valence-electron chi connectivity index (χ2n) is 6.59. The minimum Gasteiger partial charge on any atom is -0.207 e. The van der Waals surface area contributed by atoms with Crippen LogP contribution in [0.2, 0.25) is 5.02 Å². The van der Waals surface area contributed by atoms with Crippen LogP contribution in [0, 0.1) is 34.6 Å².